The van der Waals surface area contributed by atoms with Crippen molar-refractivity contribution in [3.8, 4) is 5.00 Å². The van der Waals surface area contributed by atoms with Gasteiger partial charge in [0.2, 0.25) is 0 Å². The van der Waals surface area contributed by atoms with E-state index in [1.807, 2.05) is 36.8 Å². The molecule has 0 radical (unpaired) electrons. The standard InChI is InChI=1S/C19H20N4OS/c24-19(21-16-12-22-7-3-13(16)4-8-22)15-10-17-14(11-20-15)9-18(25-17)23-5-1-2-6-23/h1-2,5-6,9-11,13,16H,3-4,7-8,12H2,(H,21,24)/t16-/m0/s1. The minimum Gasteiger partial charge on any atom is -0.346 e. The third-order valence-electron chi connectivity index (χ3n) is 5.45. The maximum absolute atomic E-state index is 12.7. The molecule has 3 aliphatic rings. The number of carbonyl (C=O) groups is 1. The van der Waals surface area contributed by atoms with Crippen LogP contribution in [0.2, 0.25) is 0 Å². The highest BCUT2D eigenvalue weighted by Crippen LogP contribution is 2.30. The lowest BCUT2D eigenvalue weighted by atomic mass is 9.84. The second kappa shape index (κ2) is 5.97. The Kier molecular flexibility index (Phi) is 3.60. The molecule has 3 saturated heterocycles. The Labute approximate surface area is 150 Å². The van der Waals surface area contributed by atoms with Crippen LogP contribution < -0.4 is 5.32 Å². The number of thiophene rings is 1. The zero-order valence-corrected chi connectivity index (χ0v) is 14.7. The van der Waals surface area contributed by atoms with Gasteiger partial charge in [-0.25, -0.2) is 0 Å². The predicted molar refractivity (Wildman–Crippen MR) is 99.4 cm³/mol. The molecule has 6 heteroatoms. The van der Waals surface area contributed by atoms with Crippen molar-refractivity contribution in [2.45, 2.75) is 18.9 Å². The molecular weight excluding hydrogens is 332 g/mol. The maximum atomic E-state index is 12.7. The van der Waals surface area contributed by atoms with Crippen LogP contribution in [0.1, 0.15) is 23.3 Å². The fourth-order valence-corrected chi connectivity index (χ4v) is 5.06. The van der Waals surface area contributed by atoms with Crippen molar-refractivity contribution in [1.82, 2.24) is 19.8 Å². The average molecular weight is 352 g/mol. The van der Waals surface area contributed by atoms with Gasteiger partial charge in [-0.1, -0.05) is 0 Å². The number of rotatable bonds is 3. The average Bonchev–Trinajstić information content (AvgIpc) is 3.31. The first-order valence-electron chi connectivity index (χ1n) is 8.82. The lowest BCUT2D eigenvalue weighted by Crippen LogP contribution is -2.57. The molecule has 3 aliphatic heterocycles. The molecule has 6 rings (SSSR count). The normalized spacial score (nSPS) is 25.4. The van der Waals surface area contributed by atoms with Crippen molar-refractivity contribution < 1.29 is 4.79 Å². The molecule has 25 heavy (non-hydrogen) atoms. The molecule has 0 aromatic carbocycles. The Morgan fingerprint density at radius 1 is 1.20 bits per heavy atom. The van der Waals surface area contributed by atoms with Crippen LogP contribution in [-0.4, -0.2) is 46.0 Å². The molecule has 1 atom stereocenters. The van der Waals surface area contributed by atoms with Gasteiger partial charge in [0, 0.05) is 41.3 Å². The highest BCUT2D eigenvalue weighted by molar-refractivity contribution is 7.21. The summed E-state index contributed by atoms with van der Waals surface area (Å²) in [7, 11) is 0. The van der Waals surface area contributed by atoms with Crippen molar-refractivity contribution in [3.63, 3.8) is 0 Å². The first kappa shape index (κ1) is 15.1. The number of nitrogens with one attached hydrogen (secondary N) is 1. The van der Waals surface area contributed by atoms with E-state index in [4.69, 9.17) is 0 Å². The van der Waals surface area contributed by atoms with Gasteiger partial charge < -0.3 is 14.8 Å². The molecule has 2 bridgehead atoms. The molecular formula is C19H20N4OS. The summed E-state index contributed by atoms with van der Waals surface area (Å²) in [5.74, 6) is 0.580. The number of pyridine rings is 1. The monoisotopic (exact) mass is 352 g/mol. The van der Waals surface area contributed by atoms with Crippen molar-refractivity contribution >= 4 is 27.3 Å². The lowest BCUT2D eigenvalue weighted by Gasteiger charge is -2.44. The molecule has 0 saturated carbocycles. The number of carbonyl (C=O) groups excluding carboxylic acids is 1. The van der Waals surface area contributed by atoms with E-state index < -0.39 is 0 Å². The molecule has 0 spiro atoms. The summed E-state index contributed by atoms with van der Waals surface area (Å²) in [5, 5.41) is 5.43. The van der Waals surface area contributed by atoms with E-state index in [1.165, 1.54) is 25.9 Å². The predicted octanol–water partition coefficient (Wildman–Crippen LogP) is 2.91. The van der Waals surface area contributed by atoms with Gasteiger partial charge in [0.15, 0.2) is 0 Å². The van der Waals surface area contributed by atoms with Gasteiger partial charge in [-0.05, 0) is 56.1 Å². The first-order valence-corrected chi connectivity index (χ1v) is 9.64. The van der Waals surface area contributed by atoms with E-state index in [1.54, 1.807) is 11.3 Å². The Morgan fingerprint density at radius 3 is 2.72 bits per heavy atom. The summed E-state index contributed by atoms with van der Waals surface area (Å²) in [6.07, 6.45) is 8.26. The second-order valence-corrected chi connectivity index (χ2v) is 8.06. The van der Waals surface area contributed by atoms with E-state index in [0.29, 0.717) is 11.6 Å². The minimum atomic E-state index is -0.0448. The quantitative estimate of drug-likeness (QED) is 0.788. The Bertz CT molecular complexity index is 909. The van der Waals surface area contributed by atoms with Crippen molar-refractivity contribution in [2.75, 3.05) is 19.6 Å². The Morgan fingerprint density at radius 2 is 2.00 bits per heavy atom. The number of fused-ring (bicyclic) bond motifs is 4. The number of amides is 1. The van der Waals surface area contributed by atoms with E-state index in [-0.39, 0.29) is 11.9 Å². The zero-order chi connectivity index (χ0) is 16.8. The van der Waals surface area contributed by atoms with Gasteiger partial charge in [-0.2, -0.15) is 0 Å². The summed E-state index contributed by atoms with van der Waals surface area (Å²) in [6, 6.07) is 8.32. The molecule has 128 valence electrons. The molecule has 0 unspecified atom stereocenters. The summed E-state index contributed by atoms with van der Waals surface area (Å²) < 4.78 is 3.18. The highest BCUT2D eigenvalue weighted by Gasteiger charge is 2.35. The summed E-state index contributed by atoms with van der Waals surface area (Å²) in [5.41, 5.74) is 0.518. The van der Waals surface area contributed by atoms with E-state index in [2.05, 4.69) is 25.8 Å². The molecule has 6 heterocycles. The summed E-state index contributed by atoms with van der Waals surface area (Å²) in [4.78, 5) is 19.5. The number of aromatic nitrogens is 2. The maximum Gasteiger partial charge on any atom is 0.270 e. The van der Waals surface area contributed by atoms with E-state index in [9.17, 15) is 4.79 Å². The molecule has 3 fully saturated rings. The number of hydrogen-bond donors (Lipinski definition) is 1. The molecule has 3 aromatic heterocycles. The number of hydrogen-bond acceptors (Lipinski definition) is 4. The molecule has 3 aromatic rings. The van der Waals surface area contributed by atoms with Crippen LogP contribution in [0.15, 0.2) is 42.9 Å². The van der Waals surface area contributed by atoms with Crippen LogP contribution in [0.4, 0.5) is 0 Å². The van der Waals surface area contributed by atoms with Crippen molar-refractivity contribution in [3.05, 3.63) is 48.5 Å². The van der Waals surface area contributed by atoms with Crippen molar-refractivity contribution in [2.24, 2.45) is 5.92 Å². The number of nitrogens with zero attached hydrogens (tertiary/aromatic N) is 3. The van der Waals surface area contributed by atoms with E-state index in [0.717, 1.165) is 21.6 Å². The van der Waals surface area contributed by atoms with Gasteiger partial charge >= 0.3 is 0 Å². The third-order valence-corrected chi connectivity index (χ3v) is 6.56. The van der Waals surface area contributed by atoms with Crippen LogP contribution in [0.25, 0.3) is 15.1 Å². The first-order chi connectivity index (χ1) is 12.3. The van der Waals surface area contributed by atoms with Gasteiger partial charge in [0.25, 0.3) is 5.91 Å². The van der Waals surface area contributed by atoms with Gasteiger partial charge in [-0.3, -0.25) is 9.78 Å². The fraction of sp³-hybridized carbons (Fsp3) is 0.368. The van der Waals surface area contributed by atoms with Crippen LogP contribution >= 0.6 is 11.3 Å². The Hall–Kier alpha value is -2.18. The molecule has 5 nitrogen and oxygen atoms in total. The smallest absolute Gasteiger partial charge is 0.270 e. The van der Waals surface area contributed by atoms with Crippen LogP contribution in [0, 0.1) is 5.92 Å². The van der Waals surface area contributed by atoms with Gasteiger partial charge in [0.1, 0.15) is 10.7 Å². The van der Waals surface area contributed by atoms with E-state index >= 15 is 0 Å². The largest absolute Gasteiger partial charge is 0.346 e. The SMILES string of the molecule is O=C(N[C@H]1CN2CCC1CC2)c1cc2sc(-n3cccc3)cc2cn1. The lowest BCUT2D eigenvalue weighted by molar-refractivity contribution is 0.0618. The fourth-order valence-electron chi connectivity index (χ4n) is 4.02. The molecule has 1 amide bonds. The van der Waals surface area contributed by atoms with Crippen molar-refractivity contribution in [1.29, 1.82) is 0 Å². The van der Waals surface area contributed by atoms with Gasteiger partial charge in [0.05, 0.1) is 0 Å². The van der Waals surface area contributed by atoms with Crippen LogP contribution in [-0.2, 0) is 0 Å². The minimum absolute atomic E-state index is 0.0448. The number of piperidine rings is 3. The second-order valence-electron chi connectivity index (χ2n) is 7.00. The molecule has 1 N–H and O–H groups in total. The summed E-state index contributed by atoms with van der Waals surface area (Å²) >= 11 is 1.68. The topological polar surface area (TPSA) is 50.2 Å². The third kappa shape index (κ3) is 2.75. The highest BCUT2D eigenvalue weighted by atomic mass is 32.1. The summed E-state index contributed by atoms with van der Waals surface area (Å²) in [6.45, 7) is 3.34. The van der Waals surface area contributed by atoms with Gasteiger partial charge in [-0.15, -0.1) is 11.3 Å². The van der Waals surface area contributed by atoms with Crippen LogP contribution in [0.3, 0.4) is 0 Å². The zero-order valence-electron chi connectivity index (χ0n) is 13.9. The Balaban J connectivity index is 1.38. The molecule has 0 aliphatic carbocycles. The van der Waals surface area contributed by atoms with Crippen LogP contribution in [0.5, 0.6) is 0 Å².